The third-order valence-corrected chi connectivity index (χ3v) is 2.62. The van der Waals surface area contributed by atoms with E-state index in [0.29, 0.717) is 10.4 Å². The molecule has 2 nitrogen and oxygen atoms in total. The quantitative estimate of drug-likeness (QED) is 0.671. The maximum Gasteiger partial charge on any atom is 0.267 e. The Bertz CT molecular complexity index is 445. The van der Waals surface area contributed by atoms with Crippen LogP contribution in [-0.4, -0.2) is 4.37 Å². The van der Waals surface area contributed by atoms with Gasteiger partial charge < -0.3 is 0 Å². The van der Waals surface area contributed by atoms with Crippen LogP contribution in [0, 0.1) is 0 Å². The van der Waals surface area contributed by atoms with E-state index in [4.69, 9.17) is 11.6 Å². The van der Waals surface area contributed by atoms with Crippen molar-refractivity contribution in [1.82, 2.24) is 4.37 Å². The number of hydrogen-bond acceptors (Lipinski definition) is 2. The summed E-state index contributed by atoms with van der Waals surface area (Å²) in [5.74, 6) is 0. The lowest BCUT2D eigenvalue weighted by molar-refractivity contribution is 1.46. The molecule has 1 aromatic heterocycles. The fourth-order valence-electron chi connectivity index (χ4n) is 0.962. The summed E-state index contributed by atoms with van der Waals surface area (Å²) in [5.41, 5.74) is -0.101. The van der Waals surface area contributed by atoms with Gasteiger partial charge in [0, 0.05) is 0 Å². The molecule has 0 bridgehead atoms. The number of benzene rings is 1. The predicted octanol–water partition coefficient (Wildman–Crippen LogP) is 2.24. The van der Waals surface area contributed by atoms with Gasteiger partial charge in [-0.2, -0.15) is 0 Å². The smallest absolute Gasteiger partial charge is 0.267 e. The van der Waals surface area contributed by atoms with Gasteiger partial charge in [-0.25, -0.2) is 0 Å². The number of halogens is 1. The average molecular weight is 186 g/mol. The fourth-order valence-corrected chi connectivity index (χ4v) is 2.03. The summed E-state index contributed by atoms with van der Waals surface area (Å²) in [6.45, 7) is 0. The lowest BCUT2D eigenvalue weighted by Crippen LogP contribution is -1.96. The van der Waals surface area contributed by atoms with Crippen molar-refractivity contribution in [2.75, 3.05) is 0 Å². The van der Waals surface area contributed by atoms with Crippen molar-refractivity contribution in [3.8, 4) is 0 Å². The van der Waals surface area contributed by atoms with E-state index in [1.165, 1.54) is 11.5 Å². The molecular formula is C7H4ClNOS. The molecule has 0 atom stereocenters. The third kappa shape index (κ3) is 0.968. The van der Waals surface area contributed by atoms with Crippen LogP contribution >= 0.6 is 23.1 Å². The maximum absolute atomic E-state index is 11.1. The molecular weight excluding hydrogens is 182 g/mol. The van der Waals surface area contributed by atoms with E-state index in [0.717, 1.165) is 4.70 Å². The summed E-state index contributed by atoms with van der Waals surface area (Å²) < 4.78 is 3.52. The molecule has 0 amide bonds. The lowest BCUT2D eigenvalue weighted by Gasteiger charge is -1.87. The van der Waals surface area contributed by atoms with Gasteiger partial charge in [0.05, 0.1) is 15.1 Å². The number of rotatable bonds is 0. The van der Waals surface area contributed by atoms with E-state index >= 15 is 0 Å². The van der Waals surface area contributed by atoms with Crippen LogP contribution in [-0.2, 0) is 0 Å². The highest BCUT2D eigenvalue weighted by atomic mass is 35.5. The minimum atomic E-state index is -0.101. The van der Waals surface area contributed by atoms with Crippen LogP contribution in [0.5, 0.6) is 0 Å². The summed E-state index contributed by atoms with van der Waals surface area (Å²) in [6, 6.07) is 5.41. The van der Waals surface area contributed by atoms with Crippen LogP contribution in [0.15, 0.2) is 23.0 Å². The van der Waals surface area contributed by atoms with Crippen molar-refractivity contribution < 1.29 is 0 Å². The Morgan fingerprint density at radius 2 is 2.27 bits per heavy atom. The van der Waals surface area contributed by atoms with E-state index in [1.54, 1.807) is 6.07 Å². The van der Waals surface area contributed by atoms with Gasteiger partial charge in [0.2, 0.25) is 0 Å². The second-order valence-electron chi connectivity index (χ2n) is 2.15. The van der Waals surface area contributed by atoms with Crippen molar-refractivity contribution in [2.45, 2.75) is 0 Å². The molecule has 2 aromatic rings. The molecule has 0 unspecified atom stereocenters. The molecule has 0 aliphatic heterocycles. The van der Waals surface area contributed by atoms with Crippen LogP contribution in [0.4, 0.5) is 0 Å². The van der Waals surface area contributed by atoms with Crippen LogP contribution in [0.25, 0.3) is 10.1 Å². The van der Waals surface area contributed by atoms with E-state index < -0.39 is 0 Å². The molecule has 4 heteroatoms. The highest BCUT2D eigenvalue weighted by molar-refractivity contribution is 7.13. The summed E-state index contributed by atoms with van der Waals surface area (Å²) in [4.78, 5) is 11.1. The van der Waals surface area contributed by atoms with Crippen LogP contribution in [0.3, 0.4) is 0 Å². The van der Waals surface area contributed by atoms with Crippen molar-refractivity contribution in [2.24, 2.45) is 0 Å². The zero-order valence-electron chi connectivity index (χ0n) is 5.43. The molecule has 2 rings (SSSR count). The van der Waals surface area contributed by atoms with Crippen molar-refractivity contribution >= 4 is 33.2 Å². The molecule has 0 spiro atoms. The molecule has 1 N–H and O–H groups in total. The third-order valence-electron chi connectivity index (χ3n) is 1.46. The Kier molecular flexibility index (Phi) is 1.47. The highest BCUT2D eigenvalue weighted by Gasteiger charge is 2.03. The van der Waals surface area contributed by atoms with E-state index in [9.17, 15) is 4.79 Å². The largest absolute Gasteiger partial charge is 0.277 e. The number of aromatic nitrogens is 1. The minimum absolute atomic E-state index is 0.101. The number of fused-ring (bicyclic) bond motifs is 1. The minimum Gasteiger partial charge on any atom is -0.277 e. The molecule has 0 saturated carbocycles. The first kappa shape index (κ1) is 6.88. The van der Waals surface area contributed by atoms with Crippen LogP contribution in [0.1, 0.15) is 0 Å². The number of aromatic amines is 1. The monoisotopic (exact) mass is 185 g/mol. The van der Waals surface area contributed by atoms with Gasteiger partial charge >= 0.3 is 0 Å². The predicted molar refractivity (Wildman–Crippen MR) is 47.5 cm³/mol. The Labute approximate surface area is 71.6 Å². The average Bonchev–Trinajstić information content (AvgIpc) is 2.34. The first-order chi connectivity index (χ1) is 5.29. The van der Waals surface area contributed by atoms with Crippen LogP contribution in [0.2, 0.25) is 5.02 Å². The summed E-state index contributed by atoms with van der Waals surface area (Å²) in [5, 5.41) is 1.11. The van der Waals surface area contributed by atoms with E-state index in [2.05, 4.69) is 4.37 Å². The van der Waals surface area contributed by atoms with E-state index in [-0.39, 0.29) is 5.56 Å². The highest BCUT2D eigenvalue weighted by Crippen LogP contribution is 2.21. The van der Waals surface area contributed by atoms with Gasteiger partial charge in [0.25, 0.3) is 5.56 Å². The Hall–Kier alpha value is -0.800. The van der Waals surface area contributed by atoms with Crippen molar-refractivity contribution in [3.05, 3.63) is 33.6 Å². The Morgan fingerprint density at radius 1 is 1.45 bits per heavy atom. The standard InChI is InChI=1S/C7H4ClNOS/c8-4-2-1-3-5-6(4)7(10)9-11-5/h1-3H,(H,9,10). The molecule has 56 valence electrons. The molecule has 0 saturated heterocycles. The Morgan fingerprint density at radius 3 is 3.00 bits per heavy atom. The fraction of sp³-hybridized carbons (Fsp3) is 0. The van der Waals surface area contributed by atoms with Crippen molar-refractivity contribution in [3.63, 3.8) is 0 Å². The molecule has 0 fully saturated rings. The van der Waals surface area contributed by atoms with Gasteiger partial charge in [0.15, 0.2) is 0 Å². The second kappa shape index (κ2) is 2.36. The van der Waals surface area contributed by atoms with Gasteiger partial charge in [-0.3, -0.25) is 9.17 Å². The zero-order chi connectivity index (χ0) is 7.84. The maximum atomic E-state index is 11.1. The Balaban J connectivity index is 3.08. The molecule has 1 aromatic carbocycles. The van der Waals surface area contributed by atoms with Crippen LogP contribution < -0.4 is 5.56 Å². The summed E-state index contributed by atoms with van der Waals surface area (Å²) in [7, 11) is 0. The summed E-state index contributed by atoms with van der Waals surface area (Å²) in [6.07, 6.45) is 0. The molecule has 0 radical (unpaired) electrons. The number of nitrogens with one attached hydrogen (secondary N) is 1. The normalized spacial score (nSPS) is 10.6. The lowest BCUT2D eigenvalue weighted by atomic mass is 10.3. The zero-order valence-corrected chi connectivity index (χ0v) is 7.00. The number of hydrogen-bond donors (Lipinski definition) is 1. The topological polar surface area (TPSA) is 32.9 Å². The summed E-state index contributed by atoms with van der Waals surface area (Å²) >= 11 is 7.10. The van der Waals surface area contributed by atoms with E-state index in [1.807, 2.05) is 12.1 Å². The first-order valence-corrected chi connectivity index (χ1v) is 4.24. The van der Waals surface area contributed by atoms with Gasteiger partial charge in [-0.05, 0) is 12.1 Å². The molecule has 0 aliphatic rings. The van der Waals surface area contributed by atoms with Crippen molar-refractivity contribution in [1.29, 1.82) is 0 Å². The molecule has 1 heterocycles. The molecule has 0 aliphatic carbocycles. The van der Waals surface area contributed by atoms with Gasteiger partial charge in [-0.15, -0.1) is 0 Å². The van der Waals surface area contributed by atoms with Gasteiger partial charge in [0.1, 0.15) is 0 Å². The second-order valence-corrected chi connectivity index (χ2v) is 3.40. The number of H-pyrrole nitrogens is 1. The first-order valence-electron chi connectivity index (χ1n) is 3.05. The van der Waals surface area contributed by atoms with Gasteiger partial charge in [-0.1, -0.05) is 29.2 Å². The SMILES string of the molecule is O=c1[nH]sc2cccc(Cl)c12. The molecule has 11 heavy (non-hydrogen) atoms.